The molecule has 12 nitrogen and oxygen atoms in total. The molecule has 0 saturated carbocycles. The number of phenols is 1. The molecule has 2 aromatic rings. The summed E-state index contributed by atoms with van der Waals surface area (Å²) in [5.74, 6) is -2.85. The normalized spacial score (nSPS) is 12.9. The van der Waals surface area contributed by atoms with E-state index in [1.807, 2.05) is 6.07 Å². The van der Waals surface area contributed by atoms with Crippen LogP contribution < -0.4 is 32.7 Å². The van der Waals surface area contributed by atoms with Crippen molar-refractivity contribution in [2.75, 3.05) is 18.8 Å². The highest BCUT2D eigenvalue weighted by atomic mass is 32.1. The van der Waals surface area contributed by atoms with Crippen LogP contribution in [0.3, 0.4) is 0 Å². The first-order valence-corrected chi connectivity index (χ1v) is 12.8. The standard InChI is InChI=1S/C26H34N6O6S/c27-19(12-17-6-8-18(33)9-7-17)25(37)29-11-10-22(34)30-14-23(35)31-20(13-16-4-2-1-3-5-16)26(38)32-21(15-39)24(28)36/h1-9,19-21,33,39H,10-15,27H2,(H2,28,36)(H,29,37)(H,30,34)(H,31,35)(H,32,38)/t19-,20-,21-/m0/s1. The molecule has 210 valence electrons. The van der Waals surface area contributed by atoms with E-state index in [0.717, 1.165) is 11.1 Å². The third-order valence-electron chi connectivity index (χ3n) is 5.60. The Kier molecular flexibility index (Phi) is 12.8. The monoisotopic (exact) mass is 558 g/mol. The molecule has 0 unspecified atom stereocenters. The van der Waals surface area contributed by atoms with Crippen molar-refractivity contribution in [2.45, 2.75) is 37.4 Å². The predicted octanol–water partition coefficient (Wildman–Crippen LogP) is -1.49. The largest absolute Gasteiger partial charge is 0.508 e. The third kappa shape index (κ3) is 11.4. The van der Waals surface area contributed by atoms with Gasteiger partial charge < -0.3 is 37.8 Å². The molecule has 0 radical (unpaired) electrons. The van der Waals surface area contributed by atoms with Crippen molar-refractivity contribution in [3.05, 3.63) is 65.7 Å². The van der Waals surface area contributed by atoms with Crippen LogP contribution in [-0.4, -0.2) is 71.6 Å². The fraction of sp³-hybridized carbons (Fsp3) is 0.346. The summed E-state index contributed by atoms with van der Waals surface area (Å²) in [7, 11) is 0. The summed E-state index contributed by atoms with van der Waals surface area (Å²) in [4.78, 5) is 61.1. The first kappa shape index (κ1) is 31.1. The van der Waals surface area contributed by atoms with Gasteiger partial charge in [0.2, 0.25) is 29.5 Å². The van der Waals surface area contributed by atoms with Crippen LogP contribution in [0, 0.1) is 0 Å². The summed E-state index contributed by atoms with van der Waals surface area (Å²) in [6.45, 7) is -0.398. The van der Waals surface area contributed by atoms with E-state index in [1.165, 1.54) is 12.1 Å². The quantitative estimate of drug-likeness (QED) is 0.121. The second kappa shape index (κ2) is 16.0. The van der Waals surface area contributed by atoms with E-state index < -0.39 is 54.2 Å². The van der Waals surface area contributed by atoms with Gasteiger partial charge in [0.1, 0.15) is 17.8 Å². The van der Waals surface area contributed by atoms with E-state index in [9.17, 15) is 29.1 Å². The number of carbonyl (C=O) groups is 5. The number of amides is 5. The highest BCUT2D eigenvalue weighted by Gasteiger charge is 2.25. The Balaban J connectivity index is 1.80. The van der Waals surface area contributed by atoms with Gasteiger partial charge in [0.25, 0.3) is 0 Å². The van der Waals surface area contributed by atoms with Crippen molar-refractivity contribution in [3.8, 4) is 5.75 Å². The zero-order valence-electron chi connectivity index (χ0n) is 21.3. The third-order valence-corrected chi connectivity index (χ3v) is 5.97. The van der Waals surface area contributed by atoms with Gasteiger partial charge in [-0.1, -0.05) is 42.5 Å². The van der Waals surface area contributed by atoms with E-state index in [4.69, 9.17) is 11.5 Å². The Morgan fingerprint density at radius 3 is 2.05 bits per heavy atom. The van der Waals surface area contributed by atoms with Crippen molar-refractivity contribution in [1.82, 2.24) is 21.3 Å². The molecule has 0 heterocycles. The number of carbonyl (C=O) groups excluding carboxylic acids is 5. The van der Waals surface area contributed by atoms with Gasteiger partial charge in [-0.3, -0.25) is 24.0 Å². The Hall–Kier alpha value is -4.10. The van der Waals surface area contributed by atoms with Crippen molar-refractivity contribution in [2.24, 2.45) is 11.5 Å². The van der Waals surface area contributed by atoms with Gasteiger partial charge in [-0.2, -0.15) is 12.6 Å². The zero-order valence-corrected chi connectivity index (χ0v) is 22.2. The smallest absolute Gasteiger partial charge is 0.243 e. The van der Waals surface area contributed by atoms with Gasteiger partial charge in [0, 0.05) is 25.1 Å². The number of rotatable bonds is 15. The molecule has 39 heavy (non-hydrogen) atoms. The minimum Gasteiger partial charge on any atom is -0.508 e. The van der Waals surface area contributed by atoms with Gasteiger partial charge >= 0.3 is 0 Å². The maximum Gasteiger partial charge on any atom is 0.243 e. The topological polar surface area (TPSA) is 206 Å². The number of nitrogens with two attached hydrogens (primary N) is 2. The number of aromatic hydroxyl groups is 1. The highest BCUT2D eigenvalue weighted by molar-refractivity contribution is 7.80. The molecule has 0 fully saturated rings. The number of benzene rings is 2. The van der Waals surface area contributed by atoms with Gasteiger partial charge in [-0.15, -0.1) is 0 Å². The number of phenolic OH excluding ortho intramolecular Hbond substituents is 1. The van der Waals surface area contributed by atoms with Crippen LogP contribution >= 0.6 is 12.6 Å². The molecule has 0 aliphatic heterocycles. The molecule has 9 N–H and O–H groups in total. The second-order valence-corrected chi connectivity index (χ2v) is 9.12. The summed E-state index contributed by atoms with van der Waals surface area (Å²) in [5.41, 5.74) is 12.7. The van der Waals surface area contributed by atoms with Gasteiger partial charge in [0.15, 0.2) is 0 Å². The molecule has 5 amide bonds. The lowest BCUT2D eigenvalue weighted by molar-refractivity contribution is -0.131. The molecule has 0 spiro atoms. The van der Waals surface area contributed by atoms with Gasteiger partial charge in [-0.05, 0) is 29.7 Å². The molecule has 0 saturated heterocycles. The summed E-state index contributed by atoms with van der Waals surface area (Å²) >= 11 is 4.01. The molecular formula is C26H34N6O6S. The first-order chi connectivity index (χ1) is 18.6. The average Bonchev–Trinajstić information content (AvgIpc) is 2.91. The minimum absolute atomic E-state index is 0.00678. The number of nitrogens with one attached hydrogen (secondary N) is 4. The SMILES string of the molecule is NC(=O)[C@H](CS)NC(=O)[C@H](Cc1ccccc1)NC(=O)CNC(=O)CCNC(=O)[C@@H](N)Cc1ccc(O)cc1. The minimum atomic E-state index is -1.03. The summed E-state index contributed by atoms with van der Waals surface area (Å²) in [6.07, 6.45) is 0.298. The lowest BCUT2D eigenvalue weighted by atomic mass is 10.0. The maximum atomic E-state index is 12.8. The fourth-order valence-electron chi connectivity index (χ4n) is 3.46. The van der Waals surface area contributed by atoms with Crippen LogP contribution in [0.25, 0.3) is 0 Å². The van der Waals surface area contributed by atoms with E-state index in [1.54, 1.807) is 36.4 Å². The number of hydrogen-bond acceptors (Lipinski definition) is 8. The summed E-state index contributed by atoms with van der Waals surface area (Å²) < 4.78 is 0. The number of thiol groups is 1. The van der Waals surface area contributed by atoms with Crippen LogP contribution in [-0.2, 0) is 36.8 Å². The second-order valence-electron chi connectivity index (χ2n) is 8.75. The molecule has 3 atom stereocenters. The van der Waals surface area contributed by atoms with Crippen LogP contribution in [0.2, 0.25) is 0 Å². The fourth-order valence-corrected chi connectivity index (χ4v) is 3.73. The van der Waals surface area contributed by atoms with Crippen molar-refractivity contribution in [1.29, 1.82) is 0 Å². The molecule has 2 rings (SSSR count). The van der Waals surface area contributed by atoms with E-state index in [2.05, 4.69) is 33.9 Å². The predicted molar refractivity (Wildman–Crippen MR) is 147 cm³/mol. The van der Waals surface area contributed by atoms with E-state index >= 15 is 0 Å². The van der Waals surface area contributed by atoms with Crippen molar-refractivity contribution in [3.63, 3.8) is 0 Å². The molecule has 0 aliphatic carbocycles. The number of hydrogen-bond donors (Lipinski definition) is 8. The van der Waals surface area contributed by atoms with Crippen molar-refractivity contribution >= 4 is 42.2 Å². The maximum absolute atomic E-state index is 12.8. The summed E-state index contributed by atoms with van der Waals surface area (Å²) in [6, 6.07) is 12.4. The summed E-state index contributed by atoms with van der Waals surface area (Å²) in [5, 5.41) is 19.4. The Labute approximate surface area is 231 Å². The molecular weight excluding hydrogens is 524 g/mol. The van der Waals surface area contributed by atoms with Crippen LogP contribution in [0.5, 0.6) is 5.75 Å². The van der Waals surface area contributed by atoms with Crippen LogP contribution in [0.1, 0.15) is 17.5 Å². The van der Waals surface area contributed by atoms with Crippen molar-refractivity contribution < 1.29 is 29.1 Å². The lowest BCUT2D eigenvalue weighted by Crippen LogP contribution is -2.55. The lowest BCUT2D eigenvalue weighted by Gasteiger charge is -2.21. The average molecular weight is 559 g/mol. The molecule has 2 aromatic carbocycles. The van der Waals surface area contributed by atoms with E-state index in [-0.39, 0.29) is 37.3 Å². The molecule has 13 heteroatoms. The molecule has 0 aliphatic rings. The van der Waals surface area contributed by atoms with Crippen LogP contribution in [0.4, 0.5) is 0 Å². The van der Waals surface area contributed by atoms with E-state index in [0.29, 0.717) is 0 Å². The van der Waals surface area contributed by atoms with Crippen LogP contribution in [0.15, 0.2) is 54.6 Å². The Morgan fingerprint density at radius 2 is 1.44 bits per heavy atom. The van der Waals surface area contributed by atoms with Gasteiger partial charge in [0.05, 0.1) is 12.6 Å². The van der Waals surface area contributed by atoms with Gasteiger partial charge in [-0.25, -0.2) is 0 Å². The highest BCUT2D eigenvalue weighted by Crippen LogP contribution is 2.11. The zero-order chi connectivity index (χ0) is 28.8. The first-order valence-electron chi connectivity index (χ1n) is 12.2. The molecule has 0 aromatic heterocycles. The Bertz CT molecular complexity index is 1130. The molecule has 0 bridgehead atoms. The Morgan fingerprint density at radius 1 is 0.795 bits per heavy atom. The number of primary amides is 1.